The lowest BCUT2D eigenvalue weighted by Crippen LogP contribution is -2.47. The topological polar surface area (TPSA) is 42.1 Å². The van der Waals surface area contributed by atoms with Crippen LogP contribution >= 0.6 is 23.6 Å². The molecule has 1 aromatic carbocycles. The highest BCUT2D eigenvalue weighted by Crippen LogP contribution is 2.29. The van der Waals surface area contributed by atoms with Crippen LogP contribution in [0.4, 0.5) is 0 Å². The van der Waals surface area contributed by atoms with E-state index in [2.05, 4.69) is 52.7 Å². The minimum absolute atomic E-state index is 0.343. The second-order valence-electron chi connectivity index (χ2n) is 7.22. The van der Waals surface area contributed by atoms with Gasteiger partial charge in [0.15, 0.2) is 4.77 Å². The summed E-state index contributed by atoms with van der Waals surface area (Å²) in [5, 5.41) is 5.82. The number of allylic oxidation sites excluding steroid dienone is 1. The maximum Gasteiger partial charge on any atom is 0.199 e. The van der Waals surface area contributed by atoms with Crippen molar-refractivity contribution in [3.8, 4) is 0 Å². The fourth-order valence-electron chi connectivity index (χ4n) is 3.69. The van der Waals surface area contributed by atoms with Crippen LogP contribution in [0.25, 0.3) is 10.2 Å². The van der Waals surface area contributed by atoms with E-state index in [0.29, 0.717) is 12.6 Å². The summed E-state index contributed by atoms with van der Waals surface area (Å²) >= 11 is 7.39. The fraction of sp³-hybridized carbons (Fsp3) is 0.450. The molecule has 6 nitrogen and oxygen atoms in total. The Labute approximate surface area is 174 Å². The summed E-state index contributed by atoms with van der Waals surface area (Å²) in [6.07, 6.45) is 1.86. The molecule has 0 radical (unpaired) electrons. The molecule has 0 N–H and O–H groups in total. The van der Waals surface area contributed by atoms with E-state index in [1.165, 1.54) is 9.71 Å². The SMILES string of the molecule is C=CCn1c(C)nn(CN2CCN(C(C)c3nc4ccccc4s3)CC2)c1=S. The smallest absolute Gasteiger partial charge is 0.199 e. The van der Waals surface area contributed by atoms with E-state index in [0.717, 1.165) is 49.0 Å². The minimum Gasteiger partial charge on any atom is -0.300 e. The number of hydrogen-bond donors (Lipinski definition) is 0. The number of para-hydroxylation sites is 1. The summed E-state index contributed by atoms with van der Waals surface area (Å²) in [5.74, 6) is 0.938. The summed E-state index contributed by atoms with van der Waals surface area (Å²) in [5.41, 5.74) is 1.10. The Balaban J connectivity index is 1.38. The zero-order valence-electron chi connectivity index (χ0n) is 16.4. The third-order valence-corrected chi connectivity index (χ3v) is 7.01. The molecule has 0 bridgehead atoms. The van der Waals surface area contributed by atoms with Crippen LogP contribution in [-0.4, -0.2) is 55.3 Å². The molecule has 1 fully saturated rings. The second-order valence-corrected chi connectivity index (χ2v) is 8.65. The molecular formula is C20H26N6S2. The van der Waals surface area contributed by atoms with Gasteiger partial charge in [-0.1, -0.05) is 18.2 Å². The van der Waals surface area contributed by atoms with Crippen molar-refractivity contribution in [2.24, 2.45) is 0 Å². The van der Waals surface area contributed by atoms with Crippen LogP contribution in [0.2, 0.25) is 0 Å². The summed E-state index contributed by atoms with van der Waals surface area (Å²) in [6.45, 7) is 13.6. The second kappa shape index (κ2) is 8.24. The van der Waals surface area contributed by atoms with E-state index >= 15 is 0 Å². The van der Waals surface area contributed by atoms with Gasteiger partial charge in [0.25, 0.3) is 0 Å². The van der Waals surface area contributed by atoms with Crippen molar-refractivity contribution in [3.63, 3.8) is 0 Å². The summed E-state index contributed by atoms with van der Waals surface area (Å²) in [6, 6.07) is 8.72. The van der Waals surface area contributed by atoms with Crippen molar-refractivity contribution in [1.29, 1.82) is 0 Å². The number of piperazine rings is 1. The molecule has 0 aliphatic carbocycles. The Hall–Kier alpha value is -1.87. The number of hydrogen-bond acceptors (Lipinski definition) is 6. The summed E-state index contributed by atoms with van der Waals surface area (Å²) in [7, 11) is 0. The number of fused-ring (bicyclic) bond motifs is 1. The molecule has 0 spiro atoms. The highest BCUT2D eigenvalue weighted by Gasteiger charge is 2.24. The van der Waals surface area contributed by atoms with E-state index in [1.54, 1.807) is 0 Å². The molecule has 4 rings (SSSR count). The zero-order chi connectivity index (χ0) is 19.7. The van der Waals surface area contributed by atoms with E-state index in [1.807, 2.05) is 33.6 Å². The van der Waals surface area contributed by atoms with E-state index in [-0.39, 0.29) is 0 Å². The van der Waals surface area contributed by atoms with Gasteiger partial charge in [0, 0.05) is 32.7 Å². The molecule has 1 atom stereocenters. The lowest BCUT2D eigenvalue weighted by atomic mass is 10.2. The molecule has 0 saturated carbocycles. The van der Waals surface area contributed by atoms with Crippen LogP contribution < -0.4 is 0 Å². The first kappa shape index (κ1) is 19.4. The van der Waals surface area contributed by atoms with Gasteiger partial charge in [0.05, 0.1) is 22.9 Å². The summed E-state index contributed by atoms with van der Waals surface area (Å²) in [4.78, 5) is 9.78. The van der Waals surface area contributed by atoms with Crippen LogP contribution in [0.3, 0.4) is 0 Å². The predicted molar refractivity (Wildman–Crippen MR) is 117 cm³/mol. The molecular weight excluding hydrogens is 388 g/mol. The third-order valence-electron chi connectivity index (χ3n) is 5.38. The molecule has 8 heteroatoms. The standard InChI is InChI=1S/C20H26N6S2/c1-4-9-25-16(3)22-26(20(25)27)14-23-10-12-24(13-11-23)15(2)19-21-17-7-5-6-8-18(17)28-19/h4-8,15H,1,9-14H2,2-3H3. The van der Waals surface area contributed by atoms with Gasteiger partial charge >= 0.3 is 0 Å². The maximum atomic E-state index is 5.58. The number of rotatable bonds is 6. The molecule has 3 heterocycles. The van der Waals surface area contributed by atoms with Crippen LogP contribution in [0.1, 0.15) is 23.8 Å². The predicted octanol–water partition coefficient (Wildman–Crippen LogP) is 3.85. The molecule has 148 valence electrons. The highest BCUT2D eigenvalue weighted by atomic mass is 32.1. The van der Waals surface area contributed by atoms with Gasteiger partial charge < -0.3 is 4.57 Å². The van der Waals surface area contributed by atoms with Gasteiger partial charge in [0.2, 0.25) is 0 Å². The molecule has 2 aromatic heterocycles. The summed E-state index contributed by atoms with van der Waals surface area (Å²) < 4.78 is 5.99. The number of aromatic nitrogens is 4. The first-order valence-electron chi connectivity index (χ1n) is 9.64. The van der Waals surface area contributed by atoms with Crippen molar-refractivity contribution in [2.45, 2.75) is 33.1 Å². The van der Waals surface area contributed by atoms with Crippen LogP contribution in [0.15, 0.2) is 36.9 Å². The third kappa shape index (κ3) is 3.82. The number of thiazole rings is 1. The molecule has 3 aromatic rings. The van der Waals surface area contributed by atoms with Crippen molar-refractivity contribution in [1.82, 2.24) is 29.1 Å². The largest absolute Gasteiger partial charge is 0.300 e. The van der Waals surface area contributed by atoms with E-state index < -0.39 is 0 Å². The normalized spacial score (nSPS) is 17.2. The van der Waals surface area contributed by atoms with Crippen LogP contribution in [-0.2, 0) is 13.2 Å². The van der Waals surface area contributed by atoms with E-state index in [9.17, 15) is 0 Å². The van der Waals surface area contributed by atoms with Gasteiger partial charge in [0.1, 0.15) is 10.8 Å². The minimum atomic E-state index is 0.343. The lowest BCUT2D eigenvalue weighted by molar-refractivity contribution is 0.0787. The highest BCUT2D eigenvalue weighted by molar-refractivity contribution is 7.71. The zero-order valence-corrected chi connectivity index (χ0v) is 18.0. The van der Waals surface area contributed by atoms with Gasteiger partial charge in [-0.3, -0.25) is 9.80 Å². The Bertz CT molecular complexity index is 992. The van der Waals surface area contributed by atoms with Crippen molar-refractivity contribution < 1.29 is 0 Å². The number of benzene rings is 1. The first-order valence-corrected chi connectivity index (χ1v) is 10.9. The molecule has 28 heavy (non-hydrogen) atoms. The van der Waals surface area contributed by atoms with Crippen LogP contribution in [0.5, 0.6) is 0 Å². The van der Waals surface area contributed by atoms with Crippen molar-refractivity contribution in [2.75, 3.05) is 26.2 Å². The average Bonchev–Trinajstić information content (AvgIpc) is 3.25. The van der Waals surface area contributed by atoms with Crippen molar-refractivity contribution in [3.05, 3.63) is 52.5 Å². The van der Waals surface area contributed by atoms with Crippen LogP contribution in [0, 0.1) is 11.7 Å². The fourth-order valence-corrected chi connectivity index (χ4v) is 5.05. The molecule has 0 amide bonds. The maximum absolute atomic E-state index is 5.58. The Morgan fingerprint density at radius 1 is 1.25 bits per heavy atom. The monoisotopic (exact) mass is 414 g/mol. The number of aryl methyl sites for hydroxylation is 1. The molecule has 1 aliphatic heterocycles. The Morgan fingerprint density at radius 2 is 2.00 bits per heavy atom. The molecule has 1 aliphatic rings. The van der Waals surface area contributed by atoms with Gasteiger partial charge in [-0.05, 0) is 38.2 Å². The number of nitrogens with zero attached hydrogens (tertiary/aromatic N) is 6. The Kier molecular flexibility index (Phi) is 5.73. The molecule has 1 saturated heterocycles. The van der Waals surface area contributed by atoms with E-state index in [4.69, 9.17) is 17.2 Å². The first-order chi connectivity index (χ1) is 13.6. The Morgan fingerprint density at radius 3 is 2.71 bits per heavy atom. The lowest BCUT2D eigenvalue weighted by Gasteiger charge is -2.37. The molecule has 1 unspecified atom stereocenters. The average molecular weight is 415 g/mol. The van der Waals surface area contributed by atoms with Gasteiger partial charge in [-0.25, -0.2) is 9.67 Å². The van der Waals surface area contributed by atoms with Gasteiger partial charge in [-0.15, -0.1) is 17.9 Å². The quantitative estimate of drug-likeness (QED) is 0.453. The van der Waals surface area contributed by atoms with Gasteiger partial charge in [-0.2, -0.15) is 5.10 Å². The van der Waals surface area contributed by atoms with Crippen molar-refractivity contribution >= 4 is 33.8 Å².